The van der Waals surface area contributed by atoms with Gasteiger partial charge in [-0.2, -0.15) is 0 Å². The summed E-state index contributed by atoms with van der Waals surface area (Å²) in [6, 6.07) is 0. The highest BCUT2D eigenvalue weighted by Crippen LogP contribution is 2.12. The molecule has 1 aliphatic heterocycles. The fraction of sp³-hybridized carbons (Fsp3) is 0.571. The quantitative estimate of drug-likeness (QED) is 0.479. The van der Waals surface area contributed by atoms with Gasteiger partial charge in [0.1, 0.15) is 5.76 Å². The molecule has 0 aromatic carbocycles. The molecule has 0 aliphatic carbocycles. The van der Waals surface area contributed by atoms with Gasteiger partial charge in [0, 0.05) is 13.5 Å². The SMILES string of the molecule is C/C=C1/OCC/C1=N/C. The molecule has 0 aromatic rings. The minimum atomic E-state index is 0.798. The second-order valence-corrected chi connectivity index (χ2v) is 1.92. The fourth-order valence-corrected chi connectivity index (χ4v) is 0.936. The van der Waals surface area contributed by atoms with E-state index in [1.165, 1.54) is 0 Å². The highest BCUT2D eigenvalue weighted by atomic mass is 16.5. The Morgan fingerprint density at radius 2 is 2.44 bits per heavy atom. The van der Waals surface area contributed by atoms with E-state index < -0.39 is 0 Å². The van der Waals surface area contributed by atoms with Crippen molar-refractivity contribution < 1.29 is 4.74 Å². The molecule has 0 unspecified atom stereocenters. The molecule has 0 radical (unpaired) electrons. The van der Waals surface area contributed by atoms with E-state index in [1.807, 2.05) is 13.0 Å². The van der Waals surface area contributed by atoms with E-state index in [2.05, 4.69) is 4.99 Å². The molecule has 2 heteroatoms. The first-order valence-corrected chi connectivity index (χ1v) is 3.13. The third-order valence-corrected chi connectivity index (χ3v) is 1.41. The summed E-state index contributed by atoms with van der Waals surface area (Å²) in [5.41, 5.74) is 1.09. The Labute approximate surface area is 55.2 Å². The summed E-state index contributed by atoms with van der Waals surface area (Å²) in [5, 5.41) is 0. The zero-order valence-corrected chi connectivity index (χ0v) is 5.85. The van der Waals surface area contributed by atoms with Crippen LogP contribution in [0.4, 0.5) is 0 Å². The van der Waals surface area contributed by atoms with Crippen molar-refractivity contribution >= 4 is 5.71 Å². The standard InChI is InChI=1S/C7H11NO/c1-3-7-6(8-2)4-5-9-7/h3H,4-5H2,1-2H3/b7-3+,8-6-. The number of rotatable bonds is 0. The van der Waals surface area contributed by atoms with Crippen molar-refractivity contribution in [1.29, 1.82) is 0 Å². The number of aliphatic imine (C=N–C) groups is 1. The van der Waals surface area contributed by atoms with Crippen molar-refractivity contribution in [2.75, 3.05) is 13.7 Å². The first kappa shape index (κ1) is 6.33. The molecule has 0 spiro atoms. The van der Waals surface area contributed by atoms with Crippen molar-refractivity contribution in [3.63, 3.8) is 0 Å². The second-order valence-electron chi connectivity index (χ2n) is 1.92. The molecule has 0 saturated carbocycles. The van der Waals surface area contributed by atoms with Crippen LogP contribution in [0, 0.1) is 0 Å². The Hall–Kier alpha value is -0.790. The van der Waals surface area contributed by atoms with Gasteiger partial charge < -0.3 is 4.74 Å². The van der Waals surface area contributed by atoms with Crippen molar-refractivity contribution in [2.24, 2.45) is 4.99 Å². The number of nitrogens with zero attached hydrogens (tertiary/aromatic N) is 1. The van der Waals surface area contributed by atoms with E-state index in [1.54, 1.807) is 7.05 Å². The lowest BCUT2D eigenvalue weighted by molar-refractivity contribution is 0.266. The topological polar surface area (TPSA) is 21.6 Å². The maximum Gasteiger partial charge on any atom is 0.136 e. The molecular formula is C7H11NO. The van der Waals surface area contributed by atoms with Crippen LogP contribution in [0.2, 0.25) is 0 Å². The number of hydrogen-bond donors (Lipinski definition) is 0. The third kappa shape index (κ3) is 1.12. The summed E-state index contributed by atoms with van der Waals surface area (Å²) in [6.07, 6.45) is 2.92. The molecule has 0 bridgehead atoms. The van der Waals surface area contributed by atoms with Crippen LogP contribution in [-0.4, -0.2) is 19.4 Å². The Morgan fingerprint density at radius 3 is 2.89 bits per heavy atom. The molecule has 0 N–H and O–H groups in total. The molecule has 50 valence electrons. The lowest BCUT2D eigenvalue weighted by Crippen LogP contribution is -1.92. The van der Waals surface area contributed by atoms with Crippen LogP contribution in [0.15, 0.2) is 16.8 Å². The zero-order valence-electron chi connectivity index (χ0n) is 5.85. The Balaban J connectivity index is 2.75. The van der Waals surface area contributed by atoms with Gasteiger partial charge in [0.25, 0.3) is 0 Å². The molecule has 1 fully saturated rings. The average molecular weight is 125 g/mol. The lowest BCUT2D eigenvalue weighted by atomic mass is 10.3. The van der Waals surface area contributed by atoms with Gasteiger partial charge in [-0.3, -0.25) is 4.99 Å². The van der Waals surface area contributed by atoms with Gasteiger partial charge in [0.2, 0.25) is 0 Å². The highest BCUT2D eigenvalue weighted by molar-refractivity contribution is 5.99. The predicted molar refractivity (Wildman–Crippen MR) is 37.7 cm³/mol. The van der Waals surface area contributed by atoms with E-state index >= 15 is 0 Å². The molecule has 2 nitrogen and oxygen atoms in total. The molecule has 1 heterocycles. The Kier molecular flexibility index (Phi) is 1.88. The summed E-state index contributed by atoms with van der Waals surface area (Å²) in [6.45, 7) is 2.76. The smallest absolute Gasteiger partial charge is 0.136 e. The summed E-state index contributed by atoms with van der Waals surface area (Å²) in [7, 11) is 1.80. The first-order valence-electron chi connectivity index (χ1n) is 3.13. The maximum atomic E-state index is 5.24. The van der Waals surface area contributed by atoms with Crippen LogP contribution in [-0.2, 0) is 4.74 Å². The summed E-state index contributed by atoms with van der Waals surface area (Å²) < 4.78 is 5.24. The van der Waals surface area contributed by atoms with Crippen LogP contribution in [0.3, 0.4) is 0 Å². The monoisotopic (exact) mass is 125 g/mol. The number of hydrogen-bond acceptors (Lipinski definition) is 2. The number of allylic oxidation sites excluding steroid dienone is 2. The second kappa shape index (κ2) is 2.67. The largest absolute Gasteiger partial charge is 0.492 e. The summed E-state index contributed by atoms with van der Waals surface area (Å²) in [5.74, 6) is 0.956. The highest BCUT2D eigenvalue weighted by Gasteiger charge is 2.13. The minimum Gasteiger partial charge on any atom is -0.492 e. The maximum absolute atomic E-state index is 5.24. The van der Waals surface area contributed by atoms with Crippen molar-refractivity contribution in [3.05, 3.63) is 11.8 Å². The van der Waals surface area contributed by atoms with Gasteiger partial charge in [0.15, 0.2) is 0 Å². The van der Waals surface area contributed by atoms with Crippen molar-refractivity contribution in [2.45, 2.75) is 13.3 Å². The average Bonchev–Trinajstić information content (AvgIpc) is 2.33. The van der Waals surface area contributed by atoms with Gasteiger partial charge >= 0.3 is 0 Å². The van der Waals surface area contributed by atoms with Crippen LogP contribution in [0.1, 0.15) is 13.3 Å². The lowest BCUT2D eigenvalue weighted by Gasteiger charge is -1.94. The Bertz CT molecular complexity index is 140. The van der Waals surface area contributed by atoms with Gasteiger partial charge in [-0.15, -0.1) is 0 Å². The van der Waals surface area contributed by atoms with E-state index in [-0.39, 0.29) is 0 Å². The van der Waals surface area contributed by atoms with Crippen LogP contribution in [0.5, 0.6) is 0 Å². The van der Waals surface area contributed by atoms with Gasteiger partial charge in [-0.05, 0) is 13.0 Å². The summed E-state index contributed by atoms with van der Waals surface area (Å²) in [4.78, 5) is 4.06. The first-order chi connectivity index (χ1) is 4.38. The zero-order chi connectivity index (χ0) is 6.69. The van der Waals surface area contributed by atoms with E-state index in [0.717, 1.165) is 24.5 Å². The number of ether oxygens (including phenoxy) is 1. The fourth-order valence-electron chi connectivity index (χ4n) is 0.936. The predicted octanol–water partition coefficient (Wildman–Crippen LogP) is 1.38. The normalized spacial score (nSPS) is 27.3. The molecule has 1 rings (SSSR count). The van der Waals surface area contributed by atoms with Gasteiger partial charge in [-0.1, -0.05) is 0 Å². The molecular weight excluding hydrogens is 114 g/mol. The van der Waals surface area contributed by atoms with Crippen molar-refractivity contribution in [1.82, 2.24) is 0 Å². The van der Waals surface area contributed by atoms with Crippen LogP contribution < -0.4 is 0 Å². The minimum absolute atomic E-state index is 0.798. The Morgan fingerprint density at radius 1 is 1.67 bits per heavy atom. The molecule has 1 saturated heterocycles. The van der Waals surface area contributed by atoms with Crippen LogP contribution >= 0.6 is 0 Å². The molecule has 0 atom stereocenters. The van der Waals surface area contributed by atoms with E-state index in [4.69, 9.17) is 4.74 Å². The van der Waals surface area contributed by atoms with Crippen LogP contribution in [0.25, 0.3) is 0 Å². The molecule has 9 heavy (non-hydrogen) atoms. The molecule has 0 aromatic heterocycles. The molecule has 0 amide bonds. The third-order valence-electron chi connectivity index (χ3n) is 1.41. The molecule has 1 aliphatic rings. The van der Waals surface area contributed by atoms with Crippen molar-refractivity contribution in [3.8, 4) is 0 Å². The van der Waals surface area contributed by atoms with E-state index in [9.17, 15) is 0 Å². The summed E-state index contributed by atoms with van der Waals surface area (Å²) >= 11 is 0. The van der Waals surface area contributed by atoms with Gasteiger partial charge in [0.05, 0.1) is 12.3 Å². The van der Waals surface area contributed by atoms with E-state index in [0.29, 0.717) is 0 Å². The van der Waals surface area contributed by atoms with Gasteiger partial charge in [-0.25, -0.2) is 0 Å².